The maximum Gasteiger partial charge on any atom is 0.255 e. The molecule has 2 aromatic rings. The Kier molecular flexibility index (Phi) is 5.78. The van der Waals surface area contributed by atoms with E-state index in [9.17, 15) is 31.5 Å². The van der Waals surface area contributed by atoms with E-state index in [1.807, 2.05) is 0 Å². The third kappa shape index (κ3) is 4.06. The number of hydrogen-bond acceptors (Lipinski definition) is 4. The van der Waals surface area contributed by atoms with Gasteiger partial charge >= 0.3 is 0 Å². The first-order chi connectivity index (χ1) is 14.6. The second kappa shape index (κ2) is 8.11. The quantitative estimate of drug-likeness (QED) is 0.647. The standard InChI is InChI=1S/C21H19ClF3NO4S/c22-15-4-3-12(21(28)26-13-8-16(23)19(25)17(24)9-13)7-18(15)31(29,30)20-10-1-2-11(20)6-14(27)5-10/h3-4,7-11,14,20,27H,1-2,5-6H2,(H,26,28)/t10?,11?,14-,20-. The molecule has 31 heavy (non-hydrogen) atoms. The number of fused-ring (bicyclic) bond motifs is 2. The lowest BCUT2D eigenvalue weighted by Crippen LogP contribution is -2.39. The summed E-state index contributed by atoms with van der Waals surface area (Å²) < 4.78 is 66.7. The Balaban J connectivity index is 1.64. The van der Waals surface area contributed by atoms with Crippen molar-refractivity contribution in [2.45, 2.75) is 41.9 Å². The van der Waals surface area contributed by atoms with Crippen molar-refractivity contribution >= 4 is 33.0 Å². The van der Waals surface area contributed by atoms with Crippen molar-refractivity contribution in [2.24, 2.45) is 11.8 Å². The molecule has 0 aliphatic heterocycles. The van der Waals surface area contributed by atoms with Gasteiger partial charge in [0.25, 0.3) is 5.91 Å². The molecule has 2 fully saturated rings. The van der Waals surface area contributed by atoms with Crippen LogP contribution in [-0.2, 0) is 9.84 Å². The van der Waals surface area contributed by atoms with E-state index >= 15 is 0 Å². The van der Waals surface area contributed by atoms with E-state index in [0.29, 0.717) is 37.8 Å². The zero-order valence-corrected chi connectivity index (χ0v) is 17.7. The first-order valence-corrected chi connectivity index (χ1v) is 11.7. The van der Waals surface area contributed by atoms with Gasteiger partial charge in [0, 0.05) is 23.4 Å². The summed E-state index contributed by atoms with van der Waals surface area (Å²) in [6, 6.07) is 4.93. The summed E-state index contributed by atoms with van der Waals surface area (Å²) in [4.78, 5) is 12.4. The fourth-order valence-electron chi connectivity index (χ4n) is 4.79. The Labute approximate surface area is 182 Å². The first kappa shape index (κ1) is 22.1. The Morgan fingerprint density at radius 1 is 1.03 bits per heavy atom. The third-order valence-corrected chi connectivity index (χ3v) is 8.97. The number of carbonyl (C=O) groups excluding carboxylic acids is 1. The molecule has 0 heterocycles. The molecule has 2 aliphatic carbocycles. The number of amides is 1. The monoisotopic (exact) mass is 473 g/mol. The van der Waals surface area contributed by atoms with Crippen LogP contribution < -0.4 is 5.32 Å². The molecule has 2 saturated carbocycles. The molecule has 0 aromatic heterocycles. The average Bonchev–Trinajstić information content (AvgIpc) is 2.99. The topological polar surface area (TPSA) is 83.5 Å². The molecule has 2 aromatic carbocycles. The largest absolute Gasteiger partial charge is 0.393 e. The van der Waals surface area contributed by atoms with Gasteiger partial charge in [-0.2, -0.15) is 0 Å². The van der Waals surface area contributed by atoms with Gasteiger partial charge in [0.1, 0.15) is 0 Å². The van der Waals surface area contributed by atoms with E-state index in [4.69, 9.17) is 11.6 Å². The lowest BCUT2D eigenvalue weighted by atomic mass is 9.86. The number of aliphatic hydroxyl groups is 1. The lowest BCUT2D eigenvalue weighted by molar-refractivity contribution is 0.0981. The minimum atomic E-state index is -3.89. The highest BCUT2D eigenvalue weighted by molar-refractivity contribution is 7.92. The van der Waals surface area contributed by atoms with Crippen LogP contribution in [-0.4, -0.2) is 30.8 Å². The minimum absolute atomic E-state index is 0.0408. The molecule has 4 rings (SSSR count). The van der Waals surface area contributed by atoms with Gasteiger partial charge in [-0.15, -0.1) is 0 Å². The van der Waals surface area contributed by atoms with Crippen molar-refractivity contribution in [1.82, 2.24) is 0 Å². The first-order valence-electron chi connectivity index (χ1n) is 9.75. The predicted octanol–water partition coefficient (Wildman–Crippen LogP) is 4.33. The number of sulfone groups is 1. The van der Waals surface area contributed by atoms with Crippen LogP contribution >= 0.6 is 11.6 Å². The summed E-state index contributed by atoms with van der Waals surface area (Å²) in [7, 11) is -3.89. The van der Waals surface area contributed by atoms with E-state index in [-0.39, 0.29) is 33.0 Å². The number of hydrogen-bond donors (Lipinski definition) is 2. The molecule has 2 atom stereocenters. The van der Waals surface area contributed by atoms with Crippen LogP contribution in [0.15, 0.2) is 35.2 Å². The molecule has 2 N–H and O–H groups in total. The highest BCUT2D eigenvalue weighted by Gasteiger charge is 2.49. The van der Waals surface area contributed by atoms with Gasteiger partial charge in [-0.3, -0.25) is 4.79 Å². The molecule has 1 amide bonds. The summed E-state index contributed by atoms with van der Waals surface area (Å²) in [6.07, 6.45) is 1.68. The van der Waals surface area contributed by atoms with Crippen LogP contribution in [0.25, 0.3) is 0 Å². The highest BCUT2D eigenvalue weighted by atomic mass is 35.5. The molecular weight excluding hydrogens is 455 g/mol. The minimum Gasteiger partial charge on any atom is -0.393 e. The van der Waals surface area contributed by atoms with Gasteiger partial charge in [-0.1, -0.05) is 11.6 Å². The van der Waals surface area contributed by atoms with Gasteiger partial charge in [0.05, 0.1) is 21.3 Å². The maximum absolute atomic E-state index is 13.4. The summed E-state index contributed by atoms with van der Waals surface area (Å²) >= 11 is 6.17. The fraction of sp³-hybridized carbons (Fsp3) is 0.381. The summed E-state index contributed by atoms with van der Waals surface area (Å²) in [6.45, 7) is 0. The SMILES string of the molecule is O=C(Nc1cc(F)c(F)c(F)c1)c1ccc(Cl)c(S(=O)(=O)[C@H]2C3CCC2C[C@@H](O)C3)c1. The van der Waals surface area contributed by atoms with E-state index in [1.54, 1.807) is 0 Å². The smallest absolute Gasteiger partial charge is 0.255 e. The number of nitrogens with one attached hydrogen (secondary N) is 1. The Morgan fingerprint density at radius 2 is 1.61 bits per heavy atom. The van der Waals surface area contributed by atoms with Crippen molar-refractivity contribution in [2.75, 3.05) is 5.32 Å². The third-order valence-electron chi connectivity index (χ3n) is 6.09. The Hall–Kier alpha value is -2.10. The van der Waals surface area contributed by atoms with Crippen LogP contribution in [0, 0.1) is 29.3 Å². The Bertz CT molecular complexity index is 1120. The van der Waals surface area contributed by atoms with Crippen molar-refractivity contribution in [3.8, 4) is 0 Å². The molecule has 0 radical (unpaired) electrons. The van der Waals surface area contributed by atoms with Crippen LogP contribution in [0.3, 0.4) is 0 Å². The van der Waals surface area contributed by atoms with Crippen molar-refractivity contribution in [3.63, 3.8) is 0 Å². The highest BCUT2D eigenvalue weighted by Crippen LogP contribution is 2.48. The molecule has 5 nitrogen and oxygen atoms in total. The van der Waals surface area contributed by atoms with E-state index in [0.717, 1.165) is 6.07 Å². The second-order valence-corrected chi connectivity index (χ2v) is 10.6. The predicted molar refractivity (Wildman–Crippen MR) is 108 cm³/mol. The van der Waals surface area contributed by atoms with Gasteiger partial charge in [-0.05, 0) is 55.7 Å². The second-order valence-electron chi connectivity index (χ2n) is 8.09. The fourth-order valence-corrected chi connectivity index (χ4v) is 7.66. The maximum atomic E-state index is 13.4. The van der Waals surface area contributed by atoms with E-state index < -0.39 is 44.5 Å². The molecule has 166 valence electrons. The zero-order valence-electron chi connectivity index (χ0n) is 16.1. The molecular formula is C21H19ClF3NO4S. The van der Waals surface area contributed by atoms with Crippen LogP contribution in [0.5, 0.6) is 0 Å². The van der Waals surface area contributed by atoms with Gasteiger partial charge in [0.2, 0.25) is 0 Å². The number of anilines is 1. The van der Waals surface area contributed by atoms with Gasteiger partial charge in [-0.25, -0.2) is 21.6 Å². The van der Waals surface area contributed by atoms with Crippen molar-refractivity contribution < 1.29 is 31.5 Å². The summed E-state index contributed by atoms with van der Waals surface area (Å²) in [5.41, 5.74) is -0.406. The number of halogens is 4. The van der Waals surface area contributed by atoms with Crippen molar-refractivity contribution in [3.05, 3.63) is 58.4 Å². The van der Waals surface area contributed by atoms with E-state index in [2.05, 4.69) is 5.32 Å². The summed E-state index contributed by atoms with van der Waals surface area (Å²) in [5.74, 6) is -5.80. The molecule has 2 aliphatic rings. The van der Waals surface area contributed by atoms with Crippen molar-refractivity contribution in [1.29, 1.82) is 0 Å². The van der Waals surface area contributed by atoms with Gasteiger partial charge < -0.3 is 10.4 Å². The van der Waals surface area contributed by atoms with E-state index in [1.165, 1.54) is 12.1 Å². The normalized spacial score (nSPS) is 25.5. The molecule has 2 unspecified atom stereocenters. The molecule has 10 heteroatoms. The number of benzene rings is 2. The molecule has 2 bridgehead atoms. The van der Waals surface area contributed by atoms with Gasteiger partial charge in [0.15, 0.2) is 27.3 Å². The molecule has 0 saturated heterocycles. The Morgan fingerprint density at radius 3 is 2.19 bits per heavy atom. The lowest BCUT2D eigenvalue weighted by Gasteiger charge is -2.32. The summed E-state index contributed by atoms with van der Waals surface area (Å²) in [5, 5.41) is 11.5. The average molecular weight is 474 g/mol. The number of rotatable bonds is 4. The van der Waals surface area contributed by atoms with Crippen LogP contribution in [0.2, 0.25) is 5.02 Å². The number of aliphatic hydroxyl groups excluding tert-OH is 1. The number of carbonyl (C=O) groups is 1. The molecule has 0 spiro atoms. The van der Waals surface area contributed by atoms with Crippen LogP contribution in [0.4, 0.5) is 18.9 Å². The van der Waals surface area contributed by atoms with Crippen LogP contribution in [0.1, 0.15) is 36.0 Å². The zero-order chi connectivity index (χ0) is 22.5.